The van der Waals surface area contributed by atoms with Crippen molar-refractivity contribution in [3.8, 4) is 0 Å². The van der Waals surface area contributed by atoms with Crippen molar-refractivity contribution in [2.75, 3.05) is 20.1 Å². The van der Waals surface area contributed by atoms with Crippen molar-refractivity contribution >= 4 is 17.0 Å². The summed E-state index contributed by atoms with van der Waals surface area (Å²) < 4.78 is 2.21. The molecule has 0 fully saturated rings. The van der Waals surface area contributed by atoms with Gasteiger partial charge in [0.1, 0.15) is 0 Å². The van der Waals surface area contributed by atoms with Crippen molar-refractivity contribution in [1.82, 2.24) is 20.2 Å². The van der Waals surface area contributed by atoms with Crippen LogP contribution in [-0.4, -0.2) is 35.6 Å². The molecular formula is C20H29N5. The molecule has 0 saturated heterocycles. The molecule has 2 N–H and O–H groups in total. The molecule has 0 aliphatic heterocycles. The lowest BCUT2D eigenvalue weighted by Gasteiger charge is -2.15. The molecule has 1 heterocycles. The molecule has 1 aromatic carbocycles. The Morgan fingerprint density at radius 3 is 2.92 bits per heavy atom. The molecule has 3 rings (SSSR count). The number of allylic oxidation sites excluding steroid dienone is 1. The topological polar surface area (TPSA) is 54.2 Å². The fourth-order valence-corrected chi connectivity index (χ4v) is 3.34. The molecule has 1 aliphatic carbocycles. The van der Waals surface area contributed by atoms with Gasteiger partial charge in [0.15, 0.2) is 5.96 Å². The molecule has 0 saturated carbocycles. The van der Waals surface area contributed by atoms with E-state index in [2.05, 4.69) is 49.5 Å². The van der Waals surface area contributed by atoms with Crippen molar-refractivity contribution in [2.45, 2.75) is 45.1 Å². The molecule has 1 aromatic heterocycles. The summed E-state index contributed by atoms with van der Waals surface area (Å²) in [4.78, 5) is 8.75. The van der Waals surface area contributed by atoms with E-state index in [0.717, 1.165) is 44.0 Å². The summed E-state index contributed by atoms with van der Waals surface area (Å²) in [5.41, 5.74) is 3.86. The summed E-state index contributed by atoms with van der Waals surface area (Å²) in [6.07, 6.45) is 11.7. The van der Waals surface area contributed by atoms with Gasteiger partial charge in [-0.05, 0) is 50.7 Å². The molecule has 0 atom stereocenters. The standard InChI is InChI=1S/C20H29N5/c1-21-20(23-14-12-17-8-3-2-4-9-17)22-13-7-15-25-16-24-18-10-5-6-11-19(18)25/h5-6,8,10-11,16H,2-4,7,9,12-15H2,1H3,(H2,21,22,23). The number of rotatable bonds is 7. The highest BCUT2D eigenvalue weighted by Crippen LogP contribution is 2.19. The zero-order valence-electron chi connectivity index (χ0n) is 15.2. The Kier molecular flexibility index (Phi) is 6.48. The number of benzene rings is 1. The van der Waals surface area contributed by atoms with E-state index in [1.165, 1.54) is 31.2 Å². The first-order valence-corrected chi connectivity index (χ1v) is 9.39. The van der Waals surface area contributed by atoms with Gasteiger partial charge in [-0.2, -0.15) is 0 Å². The predicted octanol–water partition coefficient (Wildman–Crippen LogP) is 3.48. The highest BCUT2D eigenvalue weighted by molar-refractivity contribution is 5.79. The monoisotopic (exact) mass is 339 g/mol. The fourth-order valence-electron chi connectivity index (χ4n) is 3.34. The lowest BCUT2D eigenvalue weighted by atomic mass is 9.97. The van der Waals surface area contributed by atoms with E-state index in [4.69, 9.17) is 0 Å². The maximum absolute atomic E-state index is 4.43. The van der Waals surface area contributed by atoms with Crippen LogP contribution < -0.4 is 10.6 Å². The minimum Gasteiger partial charge on any atom is -0.356 e. The lowest BCUT2D eigenvalue weighted by Crippen LogP contribution is -2.38. The highest BCUT2D eigenvalue weighted by atomic mass is 15.2. The van der Waals surface area contributed by atoms with E-state index in [0.29, 0.717) is 0 Å². The summed E-state index contributed by atoms with van der Waals surface area (Å²) in [5, 5.41) is 6.82. The van der Waals surface area contributed by atoms with Crippen LogP contribution in [0.15, 0.2) is 47.2 Å². The number of hydrogen-bond donors (Lipinski definition) is 2. The van der Waals surface area contributed by atoms with Crippen molar-refractivity contribution < 1.29 is 0 Å². The average molecular weight is 339 g/mol. The third-order valence-corrected chi connectivity index (χ3v) is 4.74. The molecule has 0 amide bonds. The molecule has 0 unspecified atom stereocenters. The number of nitrogens with one attached hydrogen (secondary N) is 2. The van der Waals surface area contributed by atoms with Crippen LogP contribution in [0.3, 0.4) is 0 Å². The maximum Gasteiger partial charge on any atom is 0.190 e. The van der Waals surface area contributed by atoms with Gasteiger partial charge >= 0.3 is 0 Å². The van der Waals surface area contributed by atoms with Gasteiger partial charge in [0.05, 0.1) is 17.4 Å². The van der Waals surface area contributed by atoms with E-state index in [1.54, 1.807) is 5.57 Å². The Labute approximate surface area is 150 Å². The minimum atomic E-state index is 0.895. The van der Waals surface area contributed by atoms with Gasteiger partial charge in [0.2, 0.25) is 0 Å². The first-order chi connectivity index (χ1) is 12.4. The summed E-state index contributed by atoms with van der Waals surface area (Å²) >= 11 is 0. The summed E-state index contributed by atoms with van der Waals surface area (Å²) in [6, 6.07) is 8.26. The van der Waals surface area contributed by atoms with Crippen LogP contribution in [0.4, 0.5) is 0 Å². The Hall–Kier alpha value is -2.30. The Bertz CT molecular complexity index is 729. The molecule has 1 aliphatic rings. The van der Waals surface area contributed by atoms with Crippen LogP contribution in [0.1, 0.15) is 38.5 Å². The Morgan fingerprint density at radius 1 is 1.20 bits per heavy atom. The lowest BCUT2D eigenvalue weighted by molar-refractivity contribution is 0.633. The van der Waals surface area contributed by atoms with Crippen molar-refractivity contribution in [3.63, 3.8) is 0 Å². The number of guanidine groups is 1. The number of aliphatic imine (C=N–C) groups is 1. The van der Waals surface area contributed by atoms with Crippen LogP contribution in [-0.2, 0) is 6.54 Å². The molecule has 5 nitrogen and oxygen atoms in total. The summed E-state index contributed by atoms with van der Waals surface area (Å²) in [7, 11) is 1.83. The predicted molar refractivity (Wildman–Crippen MR) is 105 cm³/mol. The number of nitrogens with zero attached hydrogens (tertiary/aromatic N) is 3. The van der Waals surface area contributed by atoms with Gasteiger partial charge in [-0.15, -0.1) is 0 Å². The normalized spacial score (nSPS) is 15.2. The second kappa shape index (κ2) is 9.25. The van der Waals surface area contributed by atoms with Gasteiger partial charge < -0.3 is 15.2 Å². The zero-order chi connectivity index (χ0) is 17.3. The SMILES string of the molecule is CN=C(NCCCn1cnc2ccccc21)NCCC1=CCCCC1. The minimum absolute atomic E-state index is 0.895. The van der Waals surface area contributed by atoms with Crippen LogP contribution in [0, 0.1) is 0 Å². The van der Waals surface area contributed by atoms with Gasteiger partial charge in [-0.25, -0.2) is 4.98 Å². The van der Waals surface area contributed by atoms with Crippen molar-refractivity contribution in [2.24, 2.45) is 4.99 Å². The first-order valence-electron chi connectivity index (χ1n) is 9.39. The highest BCUT2D eigenvalue weighted by Gasteiger charge is 2.04. The molecule has 2 aromatic rings. The zero-order valence-corrected chi connectivity index (χ0v) is 15.2. The third kappa shape index (κ3) is 5.08. The number of hydrogen-bond acceptors (Lipinski definition) is 2. The first kappa shape index (κ1) is 17.5. The fraction of sp³-hybridized carbons (Fsp3) is 0.500. The van der Waals surface area contributed by atoms with E-state index >= 15 is 0 Å². The van der Waals surface area contributed by atoms with Gasteiger partial charge in [0, 0.05) is 26.7 Å². The number of aromatic nitrogens is 2. The summed E-state index contributed by atoms with van der Waals surface area (Å²) in [5.74, 6) is 0.895. The van der Waals surface area contributed by atoms with E-state index < -0.39 is 0 Å². The van der Waals surface area contributed by atoms with Crippen LogP contribution in [0.25, 0.3) is 11.0 Å². The van der Waals surface area contributed by atoms with Crippen molar-refractivity contribution in [3.05, 3.63) is 42.2 Å². The van der Waals surface area contributed by atoms with Crippen LogP contribution in [0.5, 0.6) is 0 Å². The second-order valence-corrected chi connectivity index (χ2v) is 6.56. The van der Waals surface area contributed by atoms with E-state index in [9.17, 15) is 0 Å². The molecule has 134 valence electrons. The van der Waals surface area contributed by atoms with Crippen LogP contribution in [0.2, 0.25) is 0 Å². The third-order valence-electron chi connectivity index (χ3n) is 4.74. The Balaban J connectivity index is 1.36. The molecule has 0 spiro atoms. The van der Waals surface area contributed by atoms with Gasteiger partial charge in [-0.3, -0.25) is 4.99 Å². The average Bonchev–Trinajstić information content (AvgIpc) is 3.08. The molecule has 0 bridgehead atoms. The molecule has 5 heteroatoms. The van der Waals surface area contributed by atoms with E-state index in [1.807, 2.05) is 19.4 Å². The van der Waals surface area contributed by atoms with Crippen molar-refractivity contribution in [1.29, 1.82) is 0 Å². The summed E-state index contributed by atoms with van der Waals surface area (Å²) in [6.45, 7) is 2.81. The molecular weight excluding hydrogens is 310 g/mol. The quantitative estimate of drug-likeness (QED) is 0.351. The number of fused-ring (bicyclic) bond motifs is 1. The maximum atomic E-state index is 4.43. The number of para-hydroxylation sites is 2. The molecule has 25 heavy (non-hydrogen) atoms. The number of aryl methyl sites for hydroxylation is 1. The number of imidazole rings is 1. The van der Waals surface area contributed by atoms with Gasteiger partial charge in [0.25, 0.3) is 0 Å². The smallest absolute Gasteiger partial charge is 0.190 e. The van der Waals surface area contributed by atoms with Crippen LogP contribution >= 0.6 is 0 Å². The second-order valence-electron chi connectivity index (χ2n) is 6.56. The largest absolute Gasteiger partial charge is 0.356 e. The Morgan fingerprint density at radius 2 is 2.08 bits per heavy atom. The van der Waals surface area contributed by atoms with Gasteiger partial charge in [-0.1, -0.05) is 23.8 Å². The van der Waals surface area contributed by atoms with E-state index in [-0.39, 0.29) is 0 Å². The molecule has 0 radical (unpaired) electrons.